The molecule has 2 aromatic rings. The van der Waals surface area contributed by atoms with Gasteiger partial charge in [0.15, 0.2) is 0 Å². The summed E-state index contributed by atoms with van der Waals surface area (Å²) in [6, 6.07) is 5.70. The van der Waals surface area contributed by atoms with Gasteiger partial charge in [0.2, 0.25) is 0 Å². The third kappa shape index (κ3) is 5.41. The smallest absolute Gasteiger partial charge is 0.0945 e. The molecule has 0 saturated heterocycles. The number of benzene rings is 1. The first-order valence-electron chi connectivity index (χ1n) is 5.86. The van der Waals surface area contributed by atoms with Gasteiger partial charge in [-0.1, -0.05) is 29.3 Å². The topological polar surface area (TPSA) is 29.9 Å². The maximum Gasteiger partial charge on any atom is 0.0945 e. The van der Waals surface area contributed by atoms with Crippen molar-refractivity contribution in [2.24, 2.45) is 0 Å². The van der Waals surface area contributed by atoms with Crippen molar-refractivity contribution < 1.29 is 0 Å². The van der Waals surface area contributed by atoms with Gasteiger partial charge in [0, 0.05) is 25.5 Å². The lowest BCUT2D eigenvalue weighted by Crippen LogP contribution is -2.16. The largest absolute Gasteiger partial charge is 0.337 e. The Bertz CT molecular complexity index is 486. The number of halogens is 3. The highest BCUT2D eigenvalue weighted by molar-refractivity contribution is 6.42. The van der Waals surface area contributed by atoms with Crippen LogP contribution in [0.2, 0.25) is 10.0 Å². The van der Waals surface area contributed by atoms with Crippen molar-refractivity contribution in [3.05, 3.63) is 52.5 Å². The average molecular weight is 321 g/mol. The molecule has 0 radical (unpaired) electrons. The van der Waals surface area contributed by atoms with Gasteiger partial charge in [-0.3, -0.25) is 0 Å². The van der Waals surface area contributed by atoms with E-state index in [1.165, 1.54) is 0 Å². The van der Waals surface area contributed by atoms with Gasteiger partial charge in [-0.05, 0) is 30.7 Å². The first-order valence-corrected chi connectivity index (χ1v) is 6.61. The fraction of sp³-hybridized carbons (Fsp3) is 0.308. The van der Waals surface area contributed by atoms with Gasteiger partial charge in [-0.2, -0.15) is 0 Å². The number of rotatable bonds is 6. The Morgan fingerprint density at radius 3 is 2.74 bits per heavy atom. The summed E-state index contributed by atoms with van der Waals surface area (Å²) < 4.78 is 2.07. The molecular formula is C13H16Cl3N3. The predicted molar refractivity (Wildman–Crippen MR) is 82.3 cm³/mol. The minimum Gasteiger partial charge on any atom is -0.337 e. The number of hydrogen-bond donors (Lipinski definition) is 1. The lowest BCUT2D eigenvalue weighted by Gasteiger charge is -2.06. The molecule has 6 heteroatoms. The number of nitrogens with zero attached hydrogens (tertiary/aromatic N) is 2. The van der Waals surface area contributed by atoms with E-state index in [0.29, 0.717) is 10.0 Å². The summed E-state index contributed by atoms with van der Waals surface area (Å²) >= 11 is 11.8. The lowest BCUT2D eigenvalue weighted by molar-refractivity contribution is 0.581. The Kier molecular flexibility index (Phi) is 7.24. The Hall–Kier alpha value is -0.740. The van der Waals surface area contributed by atoms with Gasteiger partial charge in [0.25, 0.3) is 0 Å². The molecule has 1 N–H and O–H groups in total. The zero-order valence-corrected chi connectivity index (χ0v) is 12.7. The molecule has 0 bridgehead atoms. The van der Waals surface area contributed by atoms with Crippen LogP contribution in [0.3, 0.4) is 0 Å². The lowest BCUT2D eigenvalue weighted by atomic mass is 10.2. The van der Waals surface area contributed by atoms with Gasteiger partial charge in [0.1, 0.15) is 0 Å². The average Bonchev–Trinajstić information content (AvgIpc) is 2.86. The Labute approximate surface area is 129 Å². The highest BCUT2D eigenvalue weighted by Gasteiger charge is 1.99. The van der Waals surface area contributed by atoms with Crippen molar-refractivity contribution in [1.29, 1.82) is 0 Å². The van der Waals surface area contributed by atoms with E-state index in [0.717, 1.165) is 31.6 Å². The van der Waals surface area contributed by atoms with E-state index in [-0.39, 0.29) is 12.4 Å². The molecule has 3 nitrogen and oxygen atoms in total. The highest BCUT2D eigenvalue weighted by Crippen LogP contribution is 2.22. The molecule has 0 saturated carbocycles. The molecule has 1 heterocycles. The van der Waals surface area contributed by atoms with Crippen molar-refractivity contribution in [3.8, 4) is 0 Å². The van der Waals surface area contributed by atoms with Gasteiger partial charge >= 0.3 is 0 Å². The minimum absolute atomic E-state index is 0. The normalized spacial score (nSPS) is 10.2. The third-order valence-electron chi connectivity index (χ3n) is 2.64. The van der Waals surface area contributed by atoms with Crippen LogP contribution >= 0.6 is 35.6 Å². The number of nitrogens with one attached hydrogen (secondary N) is 1. The zero-order valence-electron chi connectivity index (χ0n) is 10.4. The monoisotopic (exact) mass is 319 g/mol. The maximum atomic E-state index is 5.95. The molecule has 1 aromatic heterocycles. The summed E-state index contributed by atoms with van der Waals surface area (Å²) in [7, 11) is 0. The second kappa shape index (κ2) is 8.43. The second-order valence-corrected chi connectivity index (χ2v) is 4.89. The molecule has 0 atom stereocenters. The van der Waals surface area contributed by atoms with Gasteiger partial charge in [-0.15, -0.1) is 12.4 Å². The summed E-state index contributed by atoms with van der Waals surface area (Å²) in [5.41, 5.74) is 1.15. The summed E-state index contributed by atoms with van der Waals surface area (Å²) in [5, 5.41) is 4.58. The summed E-state index contributed by atoms with van der Waals surface area (Å²) in [6.07, 6.45) is 6.67. The molecule has 0 fully saturated rings. The van der Waals surface area contributed by atoms with Crippen molar-refractivity contribution in [2.75, 3.05) is 6.54 Å². The van der Waals surface area contributed by atoms with E-state index >= 15 is 0 Å². The summed E-state index contributed by atoms with van der Waals surface area (Å²) in [5.74, 6) is 0. The molecule has 0 aliphatic heterocycles. The minimum atomic E-state index is 0. The number of aryl methyl sites for hydroxylation is 1. The van der Waals surface area contributed by atoms with E-state index in [1.807, 2.05) is 30.7 Å². The van der Waals surface area contributed by atoms with Crippen LogP contribution in [0.15, 0.2) is 36.9 Å². The fourth-order valence-corrected chi connectivity index (χ4v) is 2.01. The molecule has 0 spiro atoms. The van der Waals surface area contributed by atoms with E-state index in [4.69, 9.17) is 23.2 Å². The molecule has 19 heavy (non-hydrogen) atoms. The molecule has 0 amide bonds. The molecule has 1 aromatic carbocycles. The Morgan fingerprint density at radius 1 is 1.21 bits per heavy atom. The second-order valence-electron chi connectivity index (χ2n) is 4.08. The van der Waals surface area contributed by atoms with Crippen molar-refractivity contribution >= 4 is 35.6 Å². The SMILES string of the molecule is Cl.Clc1ccc(CNCCCn2ccnc2)cc1Cl. The van der Waals surface area contributed by atoms with Gasteiger partial charge in [-0.25, -0.2) is 4.98 Å². The molecular weight excluding hydrogens is 305 g/mol. The molecule has 0 unspecified atom stereocenters. The van der Waals surface area contributed by atoms with Crippen molar-refractivity contribution in [3.63, 3.8) is 0 Å². The first-order chi connectivity index (χ1) is 8.75. The van der Waals surface area contributed by atoms with Crippen LogP contribution in [0.1, 0.15) is 12.0 Å². The standard InChI is InChI=1S/C13H15Cl2N3.ClH/c14-12-3-2-11(8-13(12)15)9-16-4-1-6-18-7-5-17-10-18;/h2-3,5,7-8,10,16H,1,4,6,9H2;1H. The summed E-state index contributed by atoms with van der Waals surface area (Å²) in [6.45, 7) is 2.74. The number of aromatic nitrogens is 2. The zero-order chi connectivity index (χ0) is 12.8. The van der Waals surface area contributed by atoms with Crippen LogP contribution in [0.25, 0.3) is 0 Å². The predicted octanol–water partition coefficient (Wildman–Crippen LogP) is 3.79. The van der Waals surface area contributed by atoms with Crippen molar-refractivity contribution in [2.45, 2.75) is 19.5 Å². The van der Waals surface area contributed by atoms with Crippen molar-refractivity contribution in [1.82, 2.24) is 14.9 Å². The maximum absolute atomic E-state index is 5.95. The van der Waals surface area contributed by atoms with E-state index in [9.17, 15) is 0 Å². The Morgan fingerprint density at radius 2 is 2.05 bits per heavy atom. The summed E-state index contributed by atoms with van der Waals surface area (Å²) in [4.78, 5) is 4.00. The van der Waals surface area contributed by atoms with E-state index in [1.54, 1.807) is 6.20 Å². The highest BCUT2D eigenvalue weighted by atomic mass is 35.5. The Balaban J connectivity index is 0.00000180. The van der Waals surface area contributed by atoms with Crippen LogP contribution in [0, 0.1) is 0 Å². The molecule has 0 aliphatic rings. The first kappa shape index (κ1) is 16.3. The van der Waals surface area contributed by atoms with Crippen LogP contribution in [0.5, 0.6) is 0 Å². The van der Waals surface area contributed by atoms with Crippen LogP contribution in [0.4, 0.5) is 0 Å². The fourth-order valence-electron chi connectivity index (χ4n) is 1.69. The third-order valence-corrected chi connectivity index (χ3v) is 3.38. The van der Waals surface area contributed by atoms with Crippen LogP contribution < -0.4 is 5.32 Å². The quantitative estimate of drug-likeness (QED) is 0.821. The number of imidazole rings is 1. The van der Waals surface area contributed by atoms with Crippen LogP contribution in [-0.4, -0.2) is 16.1 Å². The van der Waals surface area contributed by atoms with Gasteiger partial charge in [0.05, 0.1) is 16.4 Å². The van der Waals surface area contributed by atoms with E-state index in [2.05, 4.69) is 14.9 Å². The molecule has 2 rings (SSSR count). The van der Waals surface area contributed by atoms with Crippen LogP contribution in [-0.2, 0) is 13.1 Å². The van der Waals surface area contributed by atoms with E-state index < -0.39 is 0 Å². The number of hydrogen-bond acceptors (Lipinski definition) is 2. The molecule has 104 valence electrons. The van der Waals surface area contributed by atoms with Gasteiger partial charge < -0.3 is 9.88 Å². The molecule has 0 aliphatic carbocycles.